The number of amides is 1. The quantitative estimate of drug-likeness (QED) is 0.706. The lowest BCUT2D eigenvalue weighted by atomic mass is 9.88. The van der Waals surface area contributed by atoms with Crippen molar-refractivity contribution in [3.05, 3.63) is 35.5 Å². The van der Waals surface area contributed by atoms with Crippen LogP contribution >= 0.6 is 0 Å². The third-order valence-electron chi connectivity index (χ3n) is 3.85. The van der Waals surface area contributed by atoms with Gasteiger partial charge in [0.2, 0.25) is 5.91 Å². The first-order valence-corrected chi connectivity index (χ1v) is 6.24. The van der Waals surface area contributed by atoms with Crippen LogP contribution in [0.25, 0.3) is 10.9 Å². The van der Waals surface area contributed by atoms with E-state index in [1.54, 1.807) is 7.05 Å². The monoisotopic (exact) mass is 243 g/mol. The van der Waals surface area contributed by atoms with Gasteiger partial charge in [-0.1, -0.05) is 18.2 Å². The molecule has 0 saturated carbocycles. The Morgan fingerprint density at radius 2 is 2.17 bits per heavy atom. The van der Waals surface area contributed by atoms with Crippen molar-refractivity contribution in [3.8, 4) is 0 Å². The Kier molecular flexibility index (Phi) is 2.41. The van der Waals surface area contributed by atoms with Crippen LogP contribution in [0, 0.1) is 0 Å². The number of para-hydroxylation sites is 1. The third-order valence-corrected chi connectivity index (χ3v) is 3.85. The van der Waals surface area contributed by atoms with E-state index < -0.39 is 5.54 Å². The number of hydrogen-bond acceptors (Lipinski definition) is 2. The normalized spacial score (nSPS) is 22.8. The molecule has 2 heterocycles. The fourth-order valence-corrected chi connectivity index (χ4v) is 2.86. The molecule has 3 N–H and O–H groups in total. The van der Waals surface area contributed by atoms with Crippen LogP contribution in [0.1, 0.15) is 18.2 Å². The van der Waals surface area contributed by atoms with E-state index in [1.807, 2.05) is 19.1 Å². The average molecular weight is 243 g/mol. The molecule has 1 atom stereocenters. The lowest BCUT2D eigenvalue weighted by molar-refractivity contribution is -0.127. The summed E-state index contributed by atoms with van der Waals surface area (Å²) in [5.74, 6) is -0.00462. The summed E-state index contributed by atoms with van der Waals surface area (Å²) in [6.07, 6.45) is 0.950. The second-order valence-electron chi connectivity index (χ2n) is 4.91. The fraction of sp³-hybridized carbons (Fsp3) is 0.357. The summed E-state index contributed by atoms with van der Waals surface area (Å²) >= 11 is 0. The Hall–Kier alpha value is -1.81. The molecular formula is C14H17N3O. The highest BCUT2D eigenvalue weighted by Gasteiger charge is 2.40. The SMILES string of the molecule is CNC(=O)C1(C)NCCc2c1[nH]c1ccccc21. The van der Waals surface area contributed by atoms with E-state index in [4.69, 9.17) is 0 Å². The van der Waals surface area contributed by atoms with E-state index in [1.165, 1.54) is 10.9 Å². The number of nitrogens with one attached hydrogen (secondary N) is 3. The maximum atomic E-state index is 12.1. The summed E-state index contributed by atoms with van der Waals surface area (Å²) in [6, 6.07) is 8.21. The number of fused-ring (bicyclic) bond motifs is 3. The Balaban J connectivity index is 2.25. The summed E-state index contributed by atoms with van der Waals surface area (Å²) in [7, 11) is 1.67. The van der Waals surface area contributed by atoms with E-state index in [0.29, 0.717) is 0 Å². The number of carbonyl (C=O) groups excluding carboxylic acids is 1. The van der Waals surface area contributed by atoms with Crippen LogP contribution in [0.15, 0.2) is 24.3 Å². The van der Waals surface area contributed by atoms with Gasteiger partial charge in [-0.15, -0.1) is 0 Å². The van der Waals surface area contributed by atoms with Crippen molar-refractivity contribution in [1.82, 2.24) is 15.6 Å². The zero-order valence-corrected chi connectivity index (χ0v) is 10.6. The minimum Gasteiger partial charge on any atom is -0.357 e. The molecule has 3 rings (SSSR count). The highest BCUT2D eigenvalue weighted by atomic mass is 16.2. The van der Waals surface area contributed by atoms with Crippen LogP contribution in [0.4, 0.5) is 0 Å². The van der Waals surface area contributed by atoms with Crippen molar-refractivity contribution in [2.24, 2.45) is 0 Å². The van der Waals surface area contributed by atoms with Crippen molar-refractivity contribution in [2.75, 3.05) is 13.6 Å². The smallest absolute Gasteiger partial charge is 0.245 e. The molecule has 4 heteroatoms. The number of aromatic amines is 1. The molecule has 94 valence electrons. The van der Waals surface area contributed by atoms with Gasteiger partial charge in [0.1, 0.15) is 5.54 Å². The first-order valence-electron chi connectivity index (χ1n) is 6.24. The Morgan fingerprint density at radius 3 is 2.94 bits per heavy atom. The lowest BCUT2D eigenvalue weighted by Gasteiger charge is -2.33. The lowest BCUT2D eigenvalue weighted by Crippen LogP contribution is -2.54. The van der Waals surface area contributed by atoms with E-state index in [2.05, 4.69) is 27.8 Å². The standard InChI is InChI=1S/C14H17N3O/c1-14(13(18)15-2)12-10(7-8-16-14)9-5-3-4-6-11(9)17-12/h3-6,16-17H,7-8H2,1-2H3,(H,15,18). The predicted molar refractivity (Wildman–Crippen MR) is 71.4 cm³/mol. The molecular weight excluding hydrogens is 226 g/mol. The third kappa shape index (κ3) is 1.39. The molecule has 0 saturated heterocycles. The maximum absolute atomic E-state index is 12.1. The van der Waals surface area contributed by atoms with E-state index in [-0.39, 0.29) is 5.91 Å². The van der Waals surface area contributed by atoms with E-state index in [9.17, 15) is 4.79 Å². The van der Waals surface area contributed by atoms with Crippen molar-refractivity contribution in [2.45, 2.75) is 18.9 Å². The van der Waals surface area contributed by atoms with Crippen molar-refractivity contribution >= 4 is 16.8 Å². The zero-order valence-electron chi connectivity index (χ0n) is 10.6. The van der Waals surface area contributed by atoms with Crippen LogP contribution in [0.3, 0.4) is 0 Å². The highest BCUT2D eigenvalue weighted by Crippen LogP contribution is 2.33. The Labute approximate surface area is 106 Å². The van der Waals surface area contributed by atoms with Crippen LogP contribution < -0.4 is 10.6 Å². The van der Waals surface area contributed by atoms with Crippen LogP contribution in [0.2, 0.25) is 0 Å². The number of benzene rings is 1. The number of hydrogen-bond donors (Lipinski definition) is 3. The molecule has 0 fully saturated rings. The minimum absolute atomic E-state index is 0.00462. The van der Waals surface area contributed by atoms with Crippen LogP contribution in [0.5, 0.6) is 0 Å². The molecule has 0 aliphatic carbocycles. The maximum Gasteiger partial charge on any atom is 0.245 e. The van der Waals surface area contributed by atoms with E-state index >= 15 is 0 Å². The summed E-state index contributed by atoms with van der Waals surface area (Å²) in [5.41, 5.74) is 2.69. The molecule has 1 aromatic heterocycles. The number of rotatable bonds is 1. The molecule has 4 nitrogen and oxygen atoms in total. The van der Waals surface area contributed by atoms with E-state index in [0.717, 1.165) is 24.2 Å². The fourth-order valence-electron chi connectivity index (χ4n) is 2.86. The molecule has 18 heavy (non-hydrogen) atoms. The topological polar surface area (TPSA) is 56.9 Å². The van der Waals surface area contributed by atoms with Gasteiger partial charge in [-0.3, -0.25) is 10.1 Å². The van der Waals surface area contributed by atoms with Gasteiger partial charge in [-0.25, -0.2) is 0 Å². The van der Waals surface area contributed by atoms with Gasteiger partial charge in [0.25, 0.3) is 0 Å². The van der Waals surface area contributed by atoms with Crippen LogP contribution in [-0.2, 0) is 16.8 Å². The van der Waals surface area contributed by atoms with Crippen molar-refractivity contribution < 1.29 is 4.79 Å². The summed E-state index contributed by atoms with van der Waals surface area (Å²) < 4.78 is 0. The first-order chi connectivity index (χ1) is 8.66. The zero-order chi connectivity index (χ0) is 12.8. The van der Waals surface area contributed by atoms with Crippen molar-refractivity contribution in [1.29, 1.82) is 0 Å². The van der Waals surface area contributed by atoms with Gasteiger partial charge in [0.15, 0.2) is 0 Å². The average Bonchev–Trinajstić information content (AvgIpc) is 2.78. The first kappa shape index (κ1) is 11.3. The number of H-pyrrole nitrogens is 1. The molecule has 1 aliphatic heterocycles. The second-order valence-corrected chi connectivity index (χ2v) is 4.91. The number of aromatic nitrogens is 1. The van der Waals surface area contributed by atoms with Gasteiger partial charge < -0.3 is 10.3 Å². The largest absolute Gasteiger partial charge is 0.357 e. The molecule has 1 amide bonds. The van der Waals surface area contributed by atoms with Gasteiger partial charge >= 0.3 is 0 Å². The molecule has 0 bridgehead atoms. The number of carbonyl (C=O) groups is 1. The molecule has 2 aromatic rings. The second kappa shape index (κ2) is 3.85. The highest BCUT2D eigenvalue weighted by molar-refractivity contribution is 5.92. The Morgan fingerprint density at radius 1 is 1.39 bits per heavy atom. The number of likely N-dealkylation sites (N-methyl/N-ethyl adjacent to an activating group) is 1. The molecule has 1 aromatic carbocycles. The molecule has 0 spiro atoms. The predicted octanol–water partition coefficient (Wildman–Crippen LogP) is 1.27. The molecule has 0 radical (unpaired) electrons. The molecule has 1 aliphatic rings. The van der Waals surface area contributed by atoms with Gasteiger partial charge in [0, 0.05) is 30.2 Å². The van der Waals surface area contributed by atoms with Gasteiger partial charge in [-0.05, 0) is 25.0 Å². The summed E-state index contributed by atoms with van der Waals surface area (Å²) in [5, 5.41) is 7.29. The van der Waals surface area contributed by atoms with Gasteiger partial charge in [0.05, 0.1) is 0 Å². The molecule has 1 unspecified atom stereocenters. The Bertz CT molecular complexity index is 617. The van der Waals surface area contributed by atoms with Crippen molar-refractivity contribution in [3.63, 3.8) is 0 Å². The minimum atomic E-state index is -0.665. The summed E-state index contributed by atoms with van der Waals surface area (Å²) in [6.45, 7) is 2.75. The summed E-state index contributed by atoms with van der Waals surface area (Å²) in [4.78, 5) is 15.5. The van der Waals surface area contributed by atoms with Gasteiger partial charge in [-0.2, -0.15) is 0 Å². The van der Waals surface area contributed by atoms with Crippen LogP contribution in [-0.4, -0.2) is 24.5 Å².